The summed E-state index contributed by atoms with van der Waals surface area (Å²) >= 11 is 0. The predicted molar refractivity (Wildman–Crippen MR) is 199 cm³/mol. The average Bonchev–Trinajstić information content (AvgIpc) is 3.70. The number of nitrogens with one attached hydrogen (secondary N) is 1. The van der Waals surface area contributed by atoms with Gasteiger partial charge in [-0.15, -0.1) is 0 Å². The molecule has 3 N–H and O–H groups in total. The Bertz CT molecular complexity index is 2220. The summed E-state index contributed by atoms with van der Waals surface area (Å²) in [6.45, 7) is -0.274. The van der Waals surface area contributed by atoms with E-state index < -0.39 is 71.3 Å². The minimum Gasteiger partial charge on any atom is -0.491 e. The monoisotopic (exact) mass is 758 g/mol. The summed E-state index contributed by atoms with van der Waals surface area (Å²) in [4.78, 5) is 69.7. The number of carbonyl (C=O) groups excluding carboxylic acids is 4. The van der Waals surface area contributed by atoms with Gasteiger partial charge in [0, 0.05) is 17.7 Å². The molecule has 4 aromatic carbocycles. The van der Waals surface area contributed by atoms with E-state index in [0.29, 0.717) is 28.1 Å². The van der Waals surface area contributed by atoms with Crippen LogP contribution in [-0.2, 0) is 43.6 Å². The molecule has 6 atom stereocenters. The van der Waals surface area contributed by atoms with Crippen LogP contribution in [0.1, 0.15) is 52.4 Å². The molecule has 1 amide bonds. The predicted octanol–water partition coefficient (Wildman–Crippen LogP) is 4.12. The highest BCUT2D eigenvalue weighted by Gasteiger charge is 2.74. The lowest BCUT2D eigenvalue weighted by molar-refractivity contribution is -0.179. The number of methoxy groups -OCH3 is 2. The zero-order valence-electron chi connectivity index (χ0n) is 30.4. The fraction of sp³-hybridized carbons (Fsp3) is 0.279. The Kier molecular flexibility index (Phi) is 10.6. The van der Waals surface area contributed by atoms with Crippen molar-refractivity contribution in [2.45, 2.75) is 36.1 Å². The lowest BCUT2D eigenvalue weighted by Crippen LogP contribution is -2.52. The van der Waals surface area contributed by atoms with Crippen molar-refractivity contribution < 1.29 is 53.1 Å². The number of anilines is 1. The number of esters is 3. The number of benzene rings is 4. The number of amides is 1. The third-order valence-corrected chi connectivity index (χ3v) is 10.6. The van der Waals surface area contributed by atoms with Gasteiger partial charge in [0.05, 0.1) is 32.9 Å². The minimum absolute atomic E-state index is 0.0173. The van der Waals surface area contributed by atoms with Crippen molar-refractivity contribution in [1.29, 1.82) is 0 Å². The van der Waals surface area contributed by atoms with Crippen molar-refractivity contribution in [1.82, 2.24) is 4.90 Å². The van der Waals surface area contributed by atoms with Crippen molar-refractivity contribution in [3.8, 4) is 17.6 Å². The number of nitrogens with zero attached hydrogens (tertiary/aromatic N) is 1. The van der Waals surface area contributed by atoms with Gasteiger partial charge in [0.1, 0.15) is 35.8 Å². The number of ether oxygens (including phenoxy) is 4. The summed E-state index contributed by atoms with van der Waals surface area (Å²) in [7, 11) is 2.30. The summed E-state index contributed by atoms with van der Waals surface area (Å²) in [5.41, 5.74) is 0.900. The molecule has 1 spiro atoms. The highest BCUT2D eigenvalue weighted by atomic mass is 16.6. The van der Waals surface area contributed by atoms with Crippen LogP contribution in [0, 0.1) is 23.7 Å². The largest absolute Gasteiger partial charge is 0.491 e. The van der Waals surface area contributed by atoms with Gasteiger partial charge in [-0.25, -0.2) is 0 Å². The van der Waals surface area contributed by atoms with Crippen LogP contribution in [-0.4, -0.2) is 78.4 Å². The molecular formula is C43H38N2O11. The summed E-state index contributed by atoms with van der Waals surface area (Å²) in [5, 5.41) is 23.7. The zero-order chi connectivity index (χ0) is 39.6. The van der Waals surface area contributed by atoms with E-state index in [2.05, 4.69) is 17.2 Å². The topological polar surface area (TPSA) is 178 Å². The fourth-order valence-corrected chi connectivity index (χ4v) is 8.39. The second-order valence-electron chi connectivity index (χ2n) is 13.6. The van der Waals surface area contributed by atoms with Crippen LogP contribution in [0.5, 0.6) is 5.75 Å². The second-order valence-corrected chi connectivity index (χ2v) is 13.6. The number of aliphatic hydroxyl groups is 1. The van der Waals surface area contributed by atoms with Gasteiger partial charge in [-0.3, -0.25) is 28.9 Å². The van der Waals surface area contributed by atoms with E-state index in [0.717, 1.165) is 19.8 Å². The van der Waals surface area contributed by atoms with Crippen LogP contribution in [0.2, 0.25) is 0 Å². The second kappa shape index (κ2) is 15.7. The Balaban J connectivity index is 1.47. The maximum Gasteiger partial charge on any atom is 0.325 e. The molecule has 0 radical (unpaired) electrons. The highest BCUT2D eigenvalue weighted by Crippen LogP contribution is 2.64. The Hall–Kier alpha value is -6.49. The molecule has 2 fully saturated rings. The maximum absolute atomic E-state index is 14.9. The Labute approximate surface area is 322 Å². The molecule has 13 heteroatoms. The number of hydrogen-bond acceptors (Lipinski definition) is 11. The van der Waals surface area contributed by atoms with Crippen LogP contribution >= 0.6 is 0 Å². The van der Waals surface area contributed by atoms with Gasteiger partial charge in [-0.05, 0) is 52.6 Å². The van der Waals surface area contributed by atoms with Crippen molar-refractivity contribution in [2.24, 2.45) is 11.8 Å². The van der Waals surface area contributed by atoms with Gasteiger partial charge >= 0.3 is 23.9 Å². The van der Waals surface area contributed by atoms with Crippen LogP contribution in [0.15, 0.2) is 103 Å². The van der Waals surface area contributed by atoms with Crippen molar-refractivity contribution >= 4 is 35.5 Å². The van der Waals surface area contributed by atoms with Crippen LogP contribution in [0.4, 0.5) is 5.69 Å². The molecule has 7 rings (SSSR count). The molecule has 0 unspecified atom stereocenters. The van der Waals surface area contributed by atoms with Crippen molar-refractivity contribution in [3.05, 3.63) is 131 Å². The summed E-state index contributed by atoms with van der Waals surface area (Å²) in [6, 6.07) is 26.8. The third-order valence-electron chi connectivity index (χ3n) is 10.6. The zero-order valence-corrected chi connectivity index (χ0v) is 30.4. The smallest absolute Gasteiger partial charge is 0.325 e. The fourth-order valence-electron chi connectivity index (χ4n) is 8.39. The Morgan fingerprint density at radius 1 is 0.857 bits per heavy atom. The molecule has 13 nitrogen and oxygen atoms in total. The van der Waals surface area contributed by atoms with Crippen molar-refractivity contribution in [3.63, 3.8) is 0 Å². The molecule has 286 valence electrons. The molecule has 0 aromatic heterocycles. The highest BCUT2D eigenvalue weighted by molar-refractivity contribution is 6.11. The summed E-state index contributed by atoms with van der Waals surface area (Å²) in [5.74, 6) is -1.30. The molecule has 56 heavy (non-hydrogen) atoms. The number of morpholine rings is 1. The summed E-state index contributed by atoms with van der Waals surface area (Å²) < 4.78 is 21.6. The molecule has 0 bridgehead atoms. The van der Waals surface area contributed by atoms with Crippen LogP contribution < -0.4 is 10.1 Å². The minimum atomic E-state index is -1.95. The van der Waals surface area contributed by atoms with E-state index in [1.807, 2.05) is 65.6 Å². The first kappa shape index (κ1) is 37.8. The summed E-state index contributed by atoms with van der Waals surface area (Å²) in [6.07, 6.45) is -1.14. The first-order valence-electron chi connectivity index (χ1n) is 17.9. The molecule has 2 saturated heterocycles. The van der Waals surface area contributed by atoms with Crippen LogP contribution in [0.3, 0.4) is 0 Å². The molecule has 3 aliphatic heterocycles. The van der Waals surface area contributed by atoms with E-state index in [-0.39, 0.29) is 25.2 Å². The van der Waals surface area contributed by atoms with E-state index in [1.54, 1.807) is 42.5 Å². The number of aliphatic carboxylic acids is 1. The number of aliphatic hydroxyl groups excluding tert-OH is 1. The number of carboxylic acids is 1. The lowest BCUT2D eigenvalue weighted by atomic mass is 9.65. The van der Waals surface area contributed by atoms with Gasteiger partial charge in [0.2, 0.25) is 5.91 Å². The molecule has 3 aliphatic rings. The first-order valence-corrected chi connectivity index (χ1v) is 17.9. The van der Waals surface area contributed by atoms with E-state index in [4.69, 9.17) is 18.9 Å². The number of carboxylic acid groups (broad SMARTS) is 1. The SMILES string of the molecule is COC(=O)C(CC#Cc1ccc2c(c1)[C@]1(C(=O)N2)[C@H](C(=O)O)[C@H]2C(=O)O[C@H](c3ccccc3)[C@H](c3ccccc3)N2[C@@H]1c1cccc(OCCO)c1)C(=O)OC. The number of rotatable bonds is 10. The molecular weight excluding hydrogens is 720 g/mol. The van der Waals surface area contributed by atoms with E-state index in [1.165, 1.54) is 0 Å². The third kappa shape index (κ3) is 6.42. The van der Waals surface area contributed by atoms with Gasteiger partial charge < -0.3 is 34.5 Å². The van der Waals surface area contributed by atoms with E-state index >= 15 is 0 Å². The maximum atomic E-state index is 14.9. The van der Waals surface area contributed by atoms with Gasteiger partial charge in [0.15, 0.2) is 5.92 Å². The molecule has 3 heterocycles. The van der Waals surface area contributed by atoms with Gasteiger partial charge in [-0.1, -0.05) is 84.6 Å². The molecule has 4 aromatic rings. The van der Waals surface area contributed by atoms with E-state index in [9.17, 15) is 34.2 Å². The number of hydrogen-bond donors (Lipinski definition) is 3. The van der Waals surface area contributed by atoms with Crippen molar-refractivity contribution in [2.75, 3.05) is 32.8 Å². The number of fused-ring (bicyclic) bond motifs is 3. The standard InChI is InChI=1S/C43H38N2O11/c1-53-39(49)30(40(50)54-2)18-9-11-25-19-20-32-31(23-25)43(42(52)44-32)33(38(47)48)35-41(51)56-36(27-14-7-4-8-15-27)34(26-12-5-3-6-13-26)45(35)37(43)28-16-10-17-29(24-28)55-22-21-46/h3-8,10,12-17,19-20,23-24,30,33-37,46H,18,21-22H2,1-2H3,(H,44,52)(H,47,48)/t33-,34-,35-,36+,37+,43-/m0/s1. The number of carbonyl (C=O) groups is 5. The Morgan fingerprint density at radius 2 is 1.52 bits per heavy atom. The van der Waals surface area contributed by atoms with Gasteiger partial charge in [-0.2, -0.15) is 0 Å². The molecule has 0 aliphatic carbocycles. The Morgan fingerprint density at radius 3 is 2.16 bits per heavy atom. The quantitative estimate of drug-likeness (QED) is 0.0914. The lowest BCUT2D eigenvalue weighted by Gasteiger charge is -2.46. The molecule has 0 saturated carbocycles. The first-order chi connectivity index (χ1) is 27.1. The normalized spacial score (nSPS) is 23.6. The average molecular weight is 759 g/mol. The van der Waals surface area contributed by atoms with Crippen LogP contribution in [0.25, 0.3) is 0 Å². The van der Waals surface area contributed by atoms with Gasteiger partial charge in [0.25, 0.3) is 0 Å². The number of cyclic esters (lactones) is 1.